The summed E-state index contributed by atoms with van der Waals surface area (Å²) in [6.45, 7) is 0.648. The number of rotatable bonds is 5. The zero-order valence-electron chi connectivity index (χ0n) is 11.7. The fourth-order valence-corrected chi connectivity index (χ4v) is 2.92. The molecule has 2 rings (SSSR count). The molecule has 0 spiro atoms. The largest absolute Gasteiger partial charge is 0.362 e. The molecule has 0 unspecified atom stereocenters. The van der Waals surface area contributed by atoms with Crippen molar-refractivity contribution in [3.63, 3.8) is 0 Å². The van der Waals surface area contributed by atoms with Crippen molar-refractivity contribution in [2.45, 2.75) is 31.2 Å². The molecule has 0 atom stereocenters. The highest BCUT2D eigenvalue weighted by atomic mass is 35.5. The van der Waals surface area contributed by atoms with Crippen molar-refractivity contribution in [3.05, 3.63) is 27.4 Å². The SMILES string of the molecule is CN(C)C1(CNc2ncc(Cl)cc2[N+](=O)[O-])CCCC1. The topological polar surface area (TPSA) is 71.3 Å². The van der Waals surface area contributed by atoms with Crippen molar-refractivity contribution in [1.29, 1.82) is 0 Å². The molecule has 6 nitrogen and oxygen atoms in total. The summed E-state index contributed by atoms with van der Waals surface area (Å²) in [6, 6.07) is 1.33. The van der Waals surface area contributed by atoms with E-state index in [0.717, 1.165) is 12.8 Å². The molecule has 1 heterocycles. The molecule has 1 saturated carbocycles. The first kappa shape index (κ1) is 15.0. The summed E-state index contributed by atoms with van der Waals surface area (Å²) in [7, 11) is 4.10. The second-order valence-corrected chi connectivity index (χ2v) is 5.89. The molecule has 110 valence electrons. The van der Waals surface area contributed by atoms with Crippen LogP contribution in [0.2, 0.25) is 5.02 Å². The third kappa shape index (κ3) is 3.02. The Balaban J connectivity index is 2.16. The van der Waals surface area contributed by atoms with Crippen LogP contribution in [0.25, 0.3) is 0 Å². The molecular weight excluding hydrogens is 280 g/mol. The Morgan fingerprint density at radius 2 is 2.15 bits per heavy atom. The van der Waals surface area contributed by atoms with E-state index in [0.29, 0.717) is 6.54 Å². The Kier molecular flexibility index (Phi) is 4.45. The van der Waals surface area contributed by atoms with Gasteiger partial charge in [-0.05, 0) is 26.9 Å². The maximum Gasteiger partial charge on any atom is 0.312 e. The highest BCUT2D eigenvalue weighted by molar-refractivity contribution is 6.30. The number of aromatic nitrogens is 1. The van der Waals surface area contributed by atoms with E-state index in [1.165, 1.54) is 25.1 Å². The first-order valence-corrected chi connectivity index (χ1v) is 7.04. The molecule has 1 aliphatic rings. The monoisotopic (exact) mass is 298 g/mol. The number of halogens is 1. The predicted octanol–water partition coefficient (Wildman–Crippen LogP) is 2.93. The van der Waals surface area contributed by atoms with Gasteiger partial charge in [0.2, 0.25) is 5.82 Å². The van der Waals surface area contributed by atoms with E-state index >= 15 is 0 Å². The summed E-state index contributed by atoms with van der Waals surface area (Å²) in [5.74, 6) is 0.285. The van der Waals surface area contributed by atoms with E-state index in [2.05, 4.69) is 29.3 Å². The van der Waals surface area contributed by atoms with E-state index in [1.54, 1.807) is 0 Å². The summed E-state index contributed by atoms with van der Waals surface area (Å²) < 4.78 is 0. The van der Waals surface area contributed by atoms with Crippen LogP contribution in [0.4, 0.5) is 11.5 Å². The molecule has 1 fully saturated rings. The second kappa shape index (κ2) is 5.93. The molecule has 0 bridgehead atoms. The van der Waals surface area contributed by atoms with Crippen molar-refractivity contribution in [3.8, 4) is 0 Å². The fraction of sp³-hybridized carbons (Fsp3) is 0.615. The predicted molar refractivity (Wildman–Crippen MR) is 79.3 cm³/mol. The van der Waals surface area contributed by atoms with E-state index in [1.807, 2.05) is 0 Å². The average Bonchev–Trinajstić information content (AvgIpc) is 2.87. The third-order valence-electron chi connectivity index (χ3n) is 4.10. The smallest absolute Gasteiger partial charge is 0.312 e. The Hall–Kier alpha value is -1.40. The summed E-state index contributed by atoms with van der Waals surface area (Å²) >= 11 is 5.76. The van der Waals surface area contributed by atoms with Crippen LogP contribution in [0.1, 0.15) is 25.7 Å². The van der Waals surface area contributed by atoms with Gasteiger partial charge < -0.3 is 10.2 Å². The molecule has 0 saturated heterocycles. The Labute approximate surface area is 123 Å². The van der Waals surface area contributed by atoms with Gasteiger partial charge in [0.05, 0.1) is 9.95 Å². The van der Waals surface area contributed by atoms with Crippen molar-refractivity contribution < 1.29 is 4.92 Å². The fourth-order valence-electron chi connectivity index (χ4n) is 2.77. The standard InChI is InChI=1S/C13H19ClN4O2/c1-17(2)13(5-3-4-6-13)9-16-12-11(18(19)20)7-10(14)8-15-12/h7-8H,3-6,9H2,1-2H3,(H,15,16). The zero-order valence-corrected chi connectivity index (χ0v) is 12.5. The Morgan fingerprint density at radius 3 is 2.70 bits per heavy atom. The van der Waals surface area contributed by atoms with E-state index < -0.39 is 4.92 Å². The molecule has 1 aromatic heterocycles. The van der Waals surface area contributed by atoms with Crippen LogP contribution in [0.15, 0.2) is 12.3 Å². The number of nitrogens with one attached hydrogen (secondary N) is 1. The maximum atomic E-state index is 11.0. The minimum absolute atomic E-state index is 0.0508. The van der Waals surface area contributed by atoms with Crippen LogP contribution in [-0.4, -0.2) is 41.0 Å². The lowest BCUT2D eigenvalue weighted by Gasteiger charge is -2.36. The molecule has 0 radical (unpaired) electrons. The summed E-state index contributed by atoms with van der Waals surface area (Å²) in [5, 5.41) is 14.4. The molecule has 1 N–H and O–H groups in total. The van der Waals surface area contributed by atoms with Gasteiger partial charge >= 0.3 is 5.69 Å². The first-order chi connectivity index (χ1) is 9.44. The number of nitrogens with zero attached hydrogens (tertiary/aromatic N) is 3. The van der Waals surface area contributed by atoms with E-state index in [-0.39, 0.29) is 22.1 Å². The molecule has 1 aromatic rings. The van der Waals surface area contributed by atoms with Crippen molar-refractivity contribution in [2.24, 2.45) is 0 Å². The van der Waals surface area contributed by atoms with Crippen LogP contribution in [-0.2, 0) is 0 Å². The minimum Gasteiger partial charge on any atom is -0.362 e. The zero-order chi connectivity index (χ0) is 14.8. The maximum absolute atomic E-state index is 11.0. The number of nitro groups is 1. The number of hydrogen-bond donors (Lipinski definition) is 1. The van der Waals surface area contributed by atoms with Gasteiger partial charge in [-0.25, -0.2) is 4.98 Å². The van der Waals surface area contributed by atoms with Gasteiger partial charge in [0, 0.05) is 24.3 Å². The lowest BCUT2D eigenvalue weighted by atomic mass is 9.96. The lowest BCUT2D eigenvalue weighted by Crippen LogP contribution is -2.47. The summed E-state index contributed by atoms with van der Waals surface area (Å²) in [4.78, 5) is 16.8. The van der Waals surface area contributed by atoms with Crippen LogP contribution >= 0.6 is 11.6 Å². The molecule has 7 heteroatoms. The summed E-state index contributed by atoms with van der Waals surface area (Å²) in [5.41, 5.74) is -0.0285. The quantitative estimate of drug-likeness (QED) is 0.668. The van der Waals surface area contributed by atoms with E-state index in [4.69, 9.17) is 11.6 Å². The molecule has 0 amide bonds. The van der Waals surface area contributed by atoms with Gasteiger partial charge in [0.1, 0.15) is 0 Å². The van der Waals surface area contributed by atoms with Crippen LogP contribution in [0.5, 0.6) is 0 Å². The van der Waals surface area contributed by atoms with Gasteiger partial charge in [-0.1, -0.05) is 24.4 Å². The van der Waals surface area contributed by atoms with Crippen molar-refractivity contribution >= 4 is 23.1 Å². The van der Waals surface area contributed by atoms with Gasteiger partial charge in [-0.2, -0.15) is 0 Å². The Bertz CT molecular complexity index is 501. The Morgan fingerprint density at radius 1 is 1.50 bits per heavy atom. The van der Waals surface area contributed by atoms with Gasteiger partial charge in [0.15, 0.2) is 0 Å². The van der Waals surface area contributed by atoms with E-state index in [9.17, 15) is 10.1 Å². The van der Waals surface area contributed by atoms with Crippen molar-refractivity contribution in [1.82, 2.24) is 9.88 Å². The average molecular weight is 299 g/mol. The van der Waals surface area contributed by atoms with Gasteiger partial charge in [-0.3, -0.25) is 10.1 Å². The normalized spacial score (nSPS) is 17.4. The van der Waals surface area contributed by atoms with Crippen LogP contribution < -0.4 is 5.32 Å². The number of hydrogen-bond acceptors (Lipinski definition) is 5. The van der Waals surface area contributed by atoms with Crippen LogP contribution in [0, 0.1) is 10.1 Å². The molecule has 0 aromatic carbocycles. The molecular formula is C13H19ClN4O2. The highest BCUT2D eigenvalue weighted by Crippen LogP contribution is 2.34. The molecule has 1 aliphatic carbocycles. The highest BCUT2D eigenvalue weighted by Gasteiger charge is 2.36. The van der Waals surface area contributed by atoms with Crippen molar-refractivity contribution in [2.75, 3.05) is 26.0 Å². The lowest BCUT2D eigenvalue weighted by molar-refractivity contribution is -0.384. The second-order valence-electron chi connectivity index (χ2n) is 5.46. The summed E-state index contributed by atoms with van der Waals surface area (Å²) in [6.07, 6.45) is 5.99. The molecule has 20 heavy (non-hydrogen) atoms. The number of pyridine rings is 1. The third-order valence-corrected chi connectivity index (χ3v) is 4.31. The van der Waals surface area contributed by atoms with Gasteiger partial charge in [-0.15, -0.1) is 0 Å². The number of anilines is 1. The first-order valence-electron chi connectivity index (χ1n) is 6.66. The van der Waals surface area contributed by atoms with Gasteiger partial charge in [0.25, 0.3) is 0 Å². The number of likely N-dealkylation sites (N-methyl/N-ethyl adjacent to an activating group) is 1. The molecule has 0 aliphatic heterocycles. The minimum atomic E-state index is -0.460. The van der Waals surface area contributed by atoms with Crippen LogP contribution in [0.3, 0.4) is 0 Å².